The largest absolute Gasteiger partial charge is 0.387 e. The van der Waals surface area contributed by atoms with E-state index in [1.54, 1.807) is 19.3 Å². The summed E-state index contributed by atoms with van der Waals surface area (Å²) in [5, 5.41) is 2.84. The molecule has 0 spiro atoms. The van der Waals surface area contributed by atoms with E-state index in [-0.39, 0.29) is 11.4 Å². The SMILES string of the molecule is CNc1ccncc1S(=O)(=O)NCc1ncccc1C. The van der Waals surface area contributed by atoms with E-state index >= 15 is 0 Å². The van der Waals surface area contributed by atoms with E-state index in [9.17, 15) is 8.42 Å². The molecule has 2 heterocycles. The van der Waals surface area contributed by atoms with Crippen LogP contribution in [0.1, 0.15) is 11.3 Å². The first-order valence-electron chi connectivity index (χ1n) is 6.06. The van der Waals surface area contributed by atoms with Gasteiger partial charge >= 0.3 is 0 Å². The zero-order valence-electron chi connectivity index (χ0n) is 11.3. The maximum atomic E-state index is 12.3. The summed E-state index contributed by atoms with van der Waals surface area (Å²) in [6, 6.07) is 5.31. The third kappa shape index (κ3) is 3.12. The minimum absolute atomic E-state index is 0.121. The van der Waals surface area contributed by atoms with E-state index in [2.05, 4.69) is 20.0 Å². The third-order valence-electron chi connectivity index (χ3n) is 2.89. The van der Waals surface area contributed by atoms with Gasteiger partial charge in [0.2, 0.25) is 10.0 Å². The monoisotopic (exact) mass is 292 g/mol. The number of rotatable bonds is 5. The van der Waals surface area contributed by atoms with Gasteiger partial charge in [-0.05, 0) is 24.6 Å². The van der Waals surface area contributed by atoms with E-state index in [4.69, 9.17) is 0 Å². The summed E-state index contributed by atoms with van der Waals surface area (Å²) in [6.07, 6.45) is 4.49. The Hall–Kier alpha value is -1.99. The predicted octanol–water partition coefficient (Wildman–Crippen LogP) is 1.31. The lowest BCUT2D eigenvalue weighted by Gasteiger charge is -2.11. The summed E-state index contributed by atoms with van der Waals surface area (Å²) in [4.78, 5) is 8.14. The quantitative estimate of drug-likeness (QED) is 0.868. The first-order valence-corrected chi connectivity index (χ1v) is 7.55. The van der Waals surface area contributed by atoms with Crippen molar-refractivity contribution in [3.05, 3.63) is 48.0 Å². The summed E-state index contributed by atoms with van der Waals surface area (Å²) in [5.74, 6) is 0. The first kappa shape index (κ1) is 14.4. The maximum absolute atomic E-state index is 12.3. The molecule has 0 aliphatic rings. The summed E-state index contributed by atoms with van der Waals surface area (Å²) in [7, 11) is -1.97. The highest BCUT2D eigenvalue weighted by molar-refractivity contribution is 7.89. The third-order valence-corrected chi connectivity index (χ3v) is 4.32. The number of pyridine rings is 2. The van der Waals surface area contributed by atoms with Gasteiger partial charge in [0.1, 0.15) is 4.90 Å². The number of nitrogens with zero attached hydrogens (tertiary/aromatic N) is 2. The van der Waals surface area contributed by atoms with Crippen molar-refractivity contribution in [3.8, 4) is 0 Å². The number of anilines is 1. The van der Waals surface area contributed by atoms with Crippen LogP contribution in [0.2, 0.25) is 0 Å². The van der Waals surface area contributed by atoms with E-state index in [1.807, 2.05) is 19.1 Å². The molecule has 2 rings (SSSR count). The van der Waals surface area contributed by atoms with Crippen LogP contribution in [0.5, 0.6) is 0 Å². The summed E-state index contributed by atoms with van der Waals surface area (Å²) >= 11 is 0. The summed E-state index contributed by atoms with van der Waals surface area (Å²) in [6.45, 7) is 2.03. The van der Waals surface area contributed by atoms with Crippen molar-refractivity contribution in [1.29, 1.82) is 0 Å². The van der Waals surface area contributed by atoms with Gasteiger partial charge in [-0.15, -0.1) is 0 Å². The zero-order chi connectivity index (χ0) is 14.6. The minimum atomic E-state index is -3.63. The van der Waals surface area contributed by atoms with Crippen molar-refractivity contribution in [2.75, 3.05) is 12.4 Å². The number of nitrogens with one attached hydrogen (secondary N) is 2. The number of aryl methyl sites for hydroxylation is 1. The smallest absolute Gasteiger partial charge is 0.244 e. The molecule has 6 nitrogen and oxygen atoms in total. The highest BCUT2D eigenvalue weighted by Crippen LogP contribution is 2.18. The van der Waals surface area contributed by atoms with Gasteiger partial charge in [-0.25, -0.2) is 13.1 Å². The second-order valence-corrected chi connectivity index (χ2v) is 5.95. The maximum Gasteiger partial charge on any atom is 0.244 e. The standard InChI is InChI=1S/C13H16N4O2S/c1-10-4-3-6-16-12(10)8-17-20(18,19)13-9-15-7-5-11(13)14-2/h3-7,9,17H,8H2,1-2H3,(H,14,15). The van der Waals surface area contributed by atoms with Crippen molar-refractivity contribution in [2.45, 2.75) is 18.4 Å². The van der Waals surface area contributed by atoms with Crippen LogP contribution in [0, 0.1) is 6.92 Å². The van der Waals surface area contributed by atoms with Crippen molar-refractivity contribution in [3.63, 3.8) is 0 Å². The van der Waals surface area contributed by atoms with Crippen LogP contribution in [0.15, 0.2) is 41.7 Å². The number of aromatic nitrogens is 2. The zero-order valence-corrected chi connectivity index (χ0v) is 12.1. The normalized spacial score (nSPS) is 11.3. The van der Waals surface area contributed by atoms with Crippen LogP contribution in [0.25, 0.3) is 0 Å². The highest BCUT2D eigenvalue weighted by Gasteiger charge is 2.18. The Morgan fingerprint density at radius 1 is 1.25 bits per heavy atom. The Morgan fingerprint density at radius 3 is 2.75 bits per heavy atom. The van der Waals surface area contributed by atoms with Crippen LogP contribution >= 0.6 is 0 Å². The van der Waals surface area contributed by atoms with Crippen molar-refractivity contribution < 1.29 is 8.42 Å². The molecule has 0 radical (unpaired) electrons. The number of hydrogen-bond acceptors (Lipinski definition) is 5. The Kier molecular flexibility index (Phi) is 4.31. The lowest BCUT2D eigenvalue weighted by atomic mass is 10.2. The van der Waals surface area contributed by atoms with Gasteiger partial charge in [0.25, 0.3) is 0 Å². The molecule has 0 atom stereocenters. The molecule has 0 saturated heterocycles. The van der Waals surface area contributed by atoms with Gasteiger partial charge in [0.05, 0.1) is 17.9 Å². The van der Waals surface area contributed by atoms with E-state index in [1.165, 1.54) is 12.4 Å². The topological polar surface area (TPSA) is 84.0 Å². The predicted molar refractivity (Wildman–Crippen MR) is 76.8 cm³/mol. The van der Waals surface area contributed by atoms with Gasteiger partial charge in [0.15, 0.2) is 0 Å². The van der Waals surface area contributed by atoms with Crippen molar-refractivity contribution >= 4 is 15.7 Å². The van der Waals surface area contributed by atoms with Gasteiger partial charge in [-0.2, -0.15) is 0 Å². The van der Waals surface area contributed by atoms with Crippen LogP contribution < -0.4 is 10.0 Å². The summed E-state index contributed by atoms with van der Waals surface area (Å²) in [5.41, 5.74) is 2.14. The Balaban J connectivity index is 2.22. The molecule has 0 aliphatic heterocycles. The molecule has 0 fully saturated rings. The molecular formula is C13H16N4O2S. The van der Waals surface area contributed by atoms with Gasteiger partial charge in [0, 0.05) is 25.6 Å². The number of sulfonamides is 1. The first-order chi connectivity index (χ1) is 9.54. The van der Waals surface area contributed by atoms with Crippen molar-refractivity contribution in [2.24, 2.45) is 0 Å². The van der Waals surface area contributed by atoms with Gasteiger partial charge in [-0.3, -0.25) is 9.97 Å². The molecule has 0 aliphatic carbocycles. The van der Waals surface area contributed by atoms with Gasteiger partial charge in [-0.1, -0.05) is 6.07 Å². The van der Waals surface area contributed by atoms with Crippen LogP contribution in [-0.2, 0) is 16.6 Å². The van der Waals surface area contributed by atoms with E-state index in [0.29, 0.717) is 11.4 Å². The fourth-order valence-corrected chi connectivity index (χ4v) is 2.89. The average molecular weight is 292 g/mol. The Bertz CT molecular complexity index is 701. The average Bonchev–Trinajstić information content (AvgIpc) is 2.46. The van der Waals surface area contributed by atoms with Crippen LogP contribution in [0.4, 0.5) is 5.69 Å². The van der Waals surface area contributed by atoms with Crippen LogP contribution in [0.3, 0.4) is 0 Å². The summed E-state index contributed by atoms with van der Waals surface area (Å²) < 4.78 is 27.1. The second kappa shape index (κ2) is 5.98. The van der Waals surface area contributed by atoms with Gasteiger partial charge < -0.3 is 5.32 Å². The molecule has 0 saturated carbocycles. The van der Waals surface area contributed by atoms with E-state index in [0.717, 1.165) is 5.56 Å². The molecule has 2 N–H and O–H groups in total. The second-order valence-electron chi connectivity index (χ2n) is 4.21. The highest BCUT2D eigenvalue weighted by atomic mass is 32.2. The van der Waals surface area contributed by atoms with Crippen LogP contribution in [-0.4, -0.2) is 25.4 Å². The minimum Gasteiger partial charge on any atom is -0.387 e. The molecule has 106 valence electrons. The molecule has 0 bridgehead atoms. The number of hydrogen-bond donors (Lipinski definition) is 2. The lowest BCUT2D eigenvalue weighted by Crippen LogP contribution is -2.25. The molecule has 7 heteroatoms. The molecule has 0 amide bonds. The molecule has 0 aromatic carbocycles. The lowest BCUT2D eigenvalue weighted by molar-refractivity contribution is 0.580. The Labute approximate surface area is 118 Å². The van der Waals surface area contributed by atoms with Crippen molar-refractivity contribution in [1.82, 2.24) is 14.7 Å². The fraction of sp³-hybridized carbons (Fsp3) is 0.231. The molecule has 20 heavy (non-hydrogen) atoms. The molecule has 2 aromatic rings. The fourth-order valence-electron chi connectivity index (χ4n) is 1.75. The Morgan fingerprint density at radius 2 is 2.05 bits per heavy atom. The molecule has 0 unspecified atom stereocenters. The molecular weight excluding hydrogens is 276 g/mol. The van der Waals surface area contributed by atoms with E-state index < -0.39 is 10.0 Å². The molecule has 2 aromatic heterocycles.